The van der Waals surface area contributed by atoms with Gasteiger partial charge in [-0.25, -0.2) is 0 Å². The Morgan fingerprint density at radius 3 is 2.14 bits per heavy atom. The molecule has 8 aliphatic rings. The fourth-order valence-electron chi connectivity index (χ4n) is 14.5. The summed E-state index contributed by atoms with van der Waals surface area (Å²) in [5.74, 6) is -3.52. The van der Waals surface area contributed by atoms with Crippen molar-refractivity contribution >= 4 is 21.3 Å². The van der Waals surface area contributed by atoms with E-state index in [1.807, 2.05) is 97.9 Å². The summed E-state index contributed by atoms with van der Waals surface area (Å²) < 4.78 is 56.1. The number of carbonyl (C=O) groups is 2. The molecule has 11 rings (SSSR count). The lowest BCUT2D eigenvalue weighted by Gasteiger charge is -2.59. The normalized spacial score (nSPS) is 38.6. The van der Waals surface area contributed by atoms with Crippen molar-refractivity contribution in [1.82, 2.24) is 0 Å². The summed E-state index contributed by atoms with van der Waals surface area (Å²) >= 11 is 0. The second-order valence-corrected chi connectivity index (χ2v) is 24.6. The molecule has 14 unspecified atom stereocenters. The van der Waals surface area contributed by atoms with Crippen LogP contribution in [0, 0.1) is 57.2 Å². The van der Waals surface area contributed by atoms with Crippen LogP contribution in [-0.2, 0) is 53.8 Å². The molecule has 7 fully saturated rings. The zero-order chi connectivity index (χ0) is 46.4. The number of aldehydes is 1. The van der Waals surface area contributed by atoms with Crippen molar-refractivity contribution in [1.29, 1.82) is 0 Å². The van der Waals surface area contributed by atoms with Gasteiger partial charge in [0.05, 0.1) is 24.5 Å². The molecule has 8 bridgehead atoms. The number of rotatable bonds is 17. The minimum atomic E-state index is -1.83. The maximum absolute atomic E-state index is 16.3. The Balaban J connectivity index is 1.05. The van der Waals surface area contributed by atoms with Gasteiger partial charge in [0.2, 0.25) is 0 Å². The van der Waals surface area contributed by atoms with Crippen LogP contribution in [0.5, 0.6) is 0 Å². The Bertz CT molecular complexity index is 2240. The maximum atomic E-state index is 16.3. The lowest BCUT2D eigenvalue weighted by molar-refractivity contribution is -0.492. The average Bonchev–Trinajstić information content (AvgIpc) is 3.99. The molecule has 4 heterocycles. The largest absolute Gasteiger partial charge is 0.452 e. The molecular weight excluding hydrogens is 849 g/mol. The molecule has 354 valence electrons. The van der Waals surface area contributed by atoms with Crippen molar-refractivity contribution in [3.8, 4) is 0 Å². The van der Waals surface area contributed by atoms with Crippen LogP contribution >= 0.6 is 0 Å². The zero-order valence-electron chi connectivity index (χ0n) is 40.3. The highest BCUT2D eigenvalue weighted by molar-refractivity contribution is 6.48. The molecule has 10 nitrogen and oxygen atoms in total. The first kappa shape index (κ1) is 46.2. The van der Waals surface area contributed by atoms with E-state index in [2.05, 4.69) is 60.7 Å². The predicted molar refractivity (Wildman–Crippen MR) is 251 cm³/mol. The van der Waals surface area contributed by atoms with Crippen LogP contribution in [-0.4, -0.2) is 64.5 Å². The lowest BCUT2D eigenvalue weighted by Crippen LogP contribution is -2.66. The van der Waals surface area contributed by atoms with E-state index in [4.69, 9.17) is 37.6 Å². The first-order chi connectivity index (χ1) is 31.6. The minimum Gasteiger partial charge on any atom is -0.452 e. The lowest BCUT2D eigenvalue weighted by atomic mass is 9.43. The number of esters is 1. The van der Waals surface area contributed by atoms with Crippen LogP contribution in [0.3, 0.4) is 0 Å². The smallest absolute Gasteiger partial charge is 0.318 e. The van der Waals surface area contributed by atoms with Crippen molar-refractivity contribution in [2.75, 3.05) is 6.61 Å². The first-order valence-electron chi connectivity index (χ1n) is 24.8. The van der Waals surface area contributed by atoms with Gasteiger partial charge < -0.3 is 37.6 Å². The van der Waals surface area contributed by atoms with Crippen molar-refractivity contribution < 1.29 is 47.2 Å². The van der Waals surface area contributed by atoms with Gasteiger partial charge in [0.25, 0.3) is 5.97 Å². The number of ether oxygens (including phenoxy) is 7. The van der Waals surface area contributed by atoms with E-state index in [0.29, 0.717) is 31.8 Å². The maximum Gasteiger partial charge on any atom is 0.318 e. The Morgan fingerprint density at radius 2 is 1.55 bits per heavy atom. The zero-order valence-corrected chi connectivity index (χ0v) is 41.4. The van der Waals surface area contributed by atoms with Gasteiger partial charge in [0, 0.05) is 5.41 Å². The molecule has 66 heavy (non-hydrogen) atoms. The van der Waals surface area contributed by atoms with Gasteiger partial charge in [0.1, 0.15) is 23.9 Å². The summed E-state index contributed by atoms with van der Waals surface area (Å²) in [7, 11) is -1.83. The molecule has 14 atom stereocenters. The van der Waals surface area contributed by atoms with E-state index in [0.717, 1.165) is 35.1 Å². The molecule has 11 heteroatoms. The summed E-state index contributed by atoms with van der Waals surface area (Å²) in [6.07, 6.45) is 4.20. The van der Waals surface area contributed by atoms with Crippen LogP contribution in [0.15, 0.2) is 103 Å². The Hall–Kier alpha value is -3.52. The fraction of sp³-hybridized carbons (Fsp3) is 0.600. The monoisotopic (exact) mass is 918 g/mol. The summed E-state index contributed by atoms with van der Waals surface area (Å²) in [4.78, 5) is 30.9. The van der Waals surface area contributed by atoms with E-state index in [1.165, 1.54) is 6.29 Å². The molecule has 0 aromatic heterocycles. The molecule has 3 aromatic carbocycles. The van der Waals surface area contributed by atoms with Gasteiger partial charge in [-0.05, 0) is 90.5 Å². The molecule has 3 aromatic rings. The van der Waals surface area contributed by atoms with E-state index in [9.17, 15) is 4.79 Å². The summed E-state index contributed by atoms with van der Waals surface area (Å²) in [6.45, 7) is 19.8. The fourth-order valence-corrected chi connectivity index (χ4v) is 15.4. The first-order valence-corrected chi connectivity index (χ1v) is 27.5. The van der Waals surface area contributed by atoms with Gasteiger partial charge in [-0.1, -0.05) is 158 Å². The van der Waals surface area contributed by atoms with E-state index in [1.54, 1.807) is 0 Å². The Kier molecular flexibility index (Phi) is 11.8. The standard InChI is InChI=1S/C55H70O10Si/c1-10-43(58-31-36-20-14-11-15-21-36)60-46-45-47(50(5,6)7)54(63-48(46)55(62-45,64-54)65-66(8)9)59-33-52-30-40-35(4)26-27-41(40)51(32-56)29-39(52)28-42(34(2)3)53(51,52)49(57)61-44(37-22-16-12-17-23-37)38-24-18-13-19-25-38/h11-25,28,32,34-35,39-41,43-48,66H,10,26-27,29-31,33H2,1-9H3. The molecule has 3 saturated carbocycles. The van der Waals surface area contributed by atoms with Gasteiger partial charge in [-0.15, -0.1) is 0 Å². The molecular formula is C55H70O10Si. The number of carbonyl (C=O) groups excluding carboxylic acids is 2. The Labute approximate surface area is 393 Å². The van der Waals surface area contributed by atoms with Gasteiger partial charge in [-0.3, -0.25) is 9.53 Å². The molecule has 4 aliphatic carbocycles. The second kappa shape index (κ2) is 16.9. The summed E-state index contributed by atoms with van der Waals surface area (Å²) in [6, 6.07) is 30.0. The predicted octanol–water partition coefficient (Wildman–Crippen LogP) is 10.3. The topological polar surface area (TPSA) is 108 Å². The molecule has 4 aliphatic heterocycles. The van der Waals surface area contributed by atoms with E-state index >= 15 is 4.79 Å². The van der Waals surface area contributed by atoms with Crippen LogP contribution in [0.4, 0.5) is 0 Å². The molecule has 0 spiro atoms. The summed E-state index contributed by atoms with van der Waals surface area (Å²) in [5.41, 5.74) is 0.173. The van der Waals surface area contributed by atoms with Gasteiger partial charge in [0.15, 0.2) is 27.5 Å². The van der Waals surface area contributed by atoms with Crippen LogP contribution in [0.2, 0.25) is 13.1 Å². The van der Waals surface area contributed by atoms with E-state index in [-0.39, 0.29) is 36.2 Å². The SMILES string of the molecule is CCC(OCc1ccccc1)OC1C2OC3(O[SiH](C)C)OC(OCC45CC6C(C)CCC6C6(C=O)CC4C=C(C(C)C)C65C(=O)OC(c4ccccc4)c4ccccc4)(OC13)C2C(C)(C)C. The number of hydrogen-bond donors (Lipinski definition) is 0. The third kappa shape index (κ3) is 6.79. The van der Waals surface area contributed by atoms with Gasteiger partial charge in [-0.2, -0.15) is 0 Å². The highest BCUT2D eigenvalue weighted by Gasteiger charge is 2.86. The number of benzene rings is 3. The molecule has 0 amide bonds. The van der Waals surface area contributed by atoms with Crippen molar-refractivity contribution in [2.24, 2.45) is 57.2 Å². The van der Waals surface area contributed by atoms with Crippen LogP contribution in [0.25, 0.3) is 0 Å². The Morgan fingerprint density at radius 1 is 0.894 bits per heavy atom. The second-order valence-electron chi connectivity index (χ2n) is 22.3. The van der Waals surface area contributed by atoms with Crippen molar-refractivity contribution in [3.05, 3.63) is 119 Å². The van der Waals surface area contributed by atoms with Crippen LogP contribution in [0.1, 0.15) is 103 Å². The third-order valence-electron chi connectivity index (χ3n) is 16.9. The molecule has 0 radical (unpaired) electrons. The number of allylic oxidation sites excluding steroid dienone is 1. The summed E-state index contributed by atoms with van der Waals surface area (Å²) in [5, 5.41) is 0. The van der Waals surface area contributed by atoms with Crippen molar-refractivity contribution in [2.45, 2.75) is 143 Å². The van der Waals surface area contributed by atoms with Gasteiger partial charge >= 0.3 is 11.9 Å². The highest BCUT2D eigenvalue weighted by atomic mass is 28.3. The number of fused-ring (bicyclic) bond motifs is 2. The third-order valence-corrected chi connectivity index (χ3v) is 17.7. The van der Waals surface area contributed by atoms with E-state index < -0.39 is 79.3 Å². The highest BCUT2D eigenvalue weighted by Crippen LogP contribution is 2.83. The molecule has 4 saturated heterocycles. The number of hydrogen-bond acceptors (Lipinski definition) is 10. The quantitative estimate of drug-likeness (QED) is 0.0427. The van der Waals surface area contributed by atoms with Crippen molar-refractivity contribution in [3.63, 3.8) is 0 Å². The average molecular weight is 919 g/mol. The molecule has 0 N–H and O–H groups in total. The van der Waals surface area contributed by atoms with Crippen LogP contribution < -0.4 is 0 Å². The minimum absolute atomic E-state index is 0.0331.